The largest absolute Gasteiger partial charge is 0.444 e. The lowest BCUT2D eigenvalue weighted by Crippen LogP contribution is -2.49. The molecule has 1 unspecified atom stereocenters. The van der Waals surface area contributed by atoms with Crippen LogP contribution in [0.4, 0.5) is 28.1 Å². The van der Waals surface area contributed by atoms with Gasteiger partial charge in [-0.2, -0.15) is 0 Å². The number of anilines is 4. The summed E-state index contributed by atoms with van der Waals surface area (Å²) in [6.07, 6.45) is 6.27. The Morgan fingerprint density at radius 1 is 1.03 bits per heavy atom. The predicted molar refractivity (Wildman–Crippen MR) is 149 cm³/mol. The van der Waals surface area contributed by atoms with Gasteiger partial charge in [0.25, 0.3) is 5.91 Å². The number of carbonyl (C=O) groups is 2. The van der Waals surface area contributed by atoms with Gasteiger partial charge in [-0.25, -0.2) is 14.8 Å². The van der Waals surface area contributed by atoms with Crippen LogP contribution in [0.2, 0.25) is 0 Å². The van der Waals surface area contributed by atoms with Gasteiger partial charge < -0.3 is 30.9 Å². The number of hydrogen-bond donors (Lipinski definition) is 3. The molecule has 3 fully saturated rings. The molecule has 1 saturated carbocycles. The first-order valence-electron chi connectivity index (χ1n) is 13.6. The van der Waals surface area contributed by atoms with E-state index in [1.165, 1.54) is 12.8 Å². The van der Waals surface area contributed by atoms with Crippen LogP contribution in [-0.2, 0) is 4.74 Å². The van der Waals surface area contributed by atoms with E-state index >= 15 is 0 Å². The highest BCUT2D eigenvalue weighted by molar-refractivity contribution is 6.07. The third-order valence-electron chi connectivity index (χ3n) is 7.66. The first-order valence-corrected chi connectivity index (χ1v) is 13.6. The summed E-state index contributed by atoms with van der Waals surface area (Å²) in [5.41, 5.74) is 6.49. The quantitative estimate of drug-likeness (QED) is 0.535. The molecule has 3 aliphatic rings. The molecule has 10 heteroatoms. The number of ether oxygens (including phenoxy) is 1. The normalized spacial score (nSPS) is 20.7. The van der Waals surface area contributed by atoms with Crippen molar-refractivity contribution in [3.8, 4) is 0 Å². The van der Waals surface area contributed by atoms with Crippen LogP contribution >= 0.6 is 0 Å². The van der Waals surface area contributed by atoms with Gasteiger partial charge in [0.05, 0.1) is 5.56 Å². The van der Waals surface area contributed by atoms with Crippen LogP contribution in [-0.4, -0.2) is 59.8 Å². The molecule has 2 aliphatic heterocycles. The Bertz CT molecular complexity index is 1180. The average Bonchev–Trinajstić information content (AvgIpc) is 3.62. The monoisotopic (exact) mass is 521 g/mol. The molecule has 204 valence electrons. The van der Waals surface area contributed by atoms with E-state index in [0.717, 1.165) is 51.1 Å². The Labute approximate surface area is 224 Å². The molecular weight excluding hydrogens is 482 g/mol. The fourth-order valence-corrected chi connectivity index (χ4v) is 5.38. The number of piperidine rings is 2. The van der Waals surface area contributed by atoms with E-state index in [1.54, 1.807) is 18.2 Å². The lowest BCUT2D eigenvalue weighted by molar-refractivity contribution is 0.0499. The molecule has 5 rings (SSSR count). The lowest BCUT2D eigenvalue weighted by atomic mass is 9.93. The number of hydrogen-bond acceptors (Lipinski definition) is 8. The topological polar surface area (TPSA) is 126 Å². The predicted octanol–water partition coefficient (Wildman–Crippen LogP) is 4.19. The first-order chi connectivity index (χ1) is 18.1. The second-order valence-corrected chi connectivity index (χ2v) is 11.9. The van der Waals surface area contributed by atoms with Gasteiger partial charge in [-0.05, 0) is 89.0 Å². The minimum absolute atomic E-state index is 0.0404. The molecule has 2 aromatic heterocycles. The van der Waals surface area contributed by atoms with Crippen LogP contribution in [0, 0.1) is 5.41 Å². The molecular formula is C28H39N7O3. The van der Waals surface area contributed by atoms with Gasteiger partial charge in [-0.1, -0.05) is 6.07 Å². The molecule has 2 amide bonds. The summed E-state index contributed by atoms with van der Waals surface area (Å²) in [5, 5.41) is 5.93. The highest BCUT2D eigenvalue weighted by Crippen LogP contribution is 2.54. The van der Waals surface area contributed by atoms with Crippen molar-refractivity contribution in [2.45, 2.75) is 70.9 Å². The lowest BCUT2D eigenvalue weighted by Gasteiger charge is -2.34. The Balaban J connectivity index is 1.25. The van der Waals surface area contributed by atoms with Crippen LogP contribution in [0.15, 0.2) is 30.3 Å². The zero-order chi connectivity index (χ0) is 26.9. The number of amides is 2. The van der Waals surface area contributed by atoms with E-state index in [1.807, 2.05) is 32.9 Å². The number of alkyl carbamates (subject to hydrolysis) is 1. The third-order valence-corrected chi connectivity index (χ3v) is 7.66. The Morgan fingerprint density at radius 2 is 1.79 bits per heavy atom. The van der Waals surface area contributed by atoms with Crippen LogP contribution < -0.4 is 26.2 Å². The van der Waals surface area contributed by atoms with Gasteiger partial charge in [0.15, 0.2) is 0 Å². The number of nitrogens with one attached hydrogen (secondary N) is 2. The fourth-order valence-electron chi connectivity index (χ4n) is 5.38. The van der Waals surface area contributed by atoms with Gasteiger partial charge in [0.2, 0.25) is 0 Å². The van der Waals surface area contributed by atoms with Crippen molar-refractivity contribution in [1.29, 1.82) is 0 Å². The molecule has 1 aliphatic carbocycles. The maximum atomic E-state index is 13.4. The maximum Gasteiger partial charge on any atom is 0.407 e. The van der Waals surface area contributed by atoms with Crippen LogP contribution in [0.1, 0.15) is 69.7 Å². The highest BCUT2D eigenvalue weighted by Gasteiger charge is 2.45. The summed E-state index contributed by atoms with van der Waals surface area (Å²) < 4.78 is 5.41. The SMILES string of the molecule is CC(C)(C)OC(=O)NC1CCCN(c2cccc(NC(=O)c3ccc(N)nc3N3CCC4(CC3)CC4)n2)C1. The van der Waals surface area contributed by atoms with Crippen molar-refractivity contribution in [3.63, 3.8) is 0 Å². The number of nitrogens with zero attached hydrogens (tertiary/aromatic N) is 4. The molecule has 0 aromatic carbocycles. The number of aromatic nitrogens is 2. The van der Waals surface area contributed by atoms with Gasteiger partial charge >= 0.3 is 6.09 Å². The summed E-state index contributed by atoms with van der Waals surface area (Å²) in [6.45, 7) is 8.76. The van der Waals surface area contributed by atoms with Gasteiger partial charge in [0, 0.05) is 32.2 Å². The number of carbonyl (C=O) groups excluding carboxylic acids is 2. The van der Waals surface area contributed by atoms with Crippen molar-refractivity contribution in [2.24, 2.45) is 5.41 Å². The molecule has 1 spiro atoms. The smallest absolute Gasteiger partial charge is 0.407 e. The number of rotatable bonds is 5. The minimum atomic E-state index is -0.542. The first kappa shape index (κ1) is 26.1. The average molecular weight is 522 g/mol. The van der Waals surface area contributed by atoms with E-state index in [9.17, 15) is 9.59 Å². The van der Waals surface area contributed by atoms with Crippen LogP contribution in [0.5, 0.6) is 0 Å². The molecule has 38 heavy (non-hydrogen) atoms. The Kier molecular flexibility index (Phi) is 7.07. The molecule has 0 radical (unpaired) electrons. The van der Waals surface area contributed by atoms with Gasteiger partial charge in [-0.15, -0.1) is 0 Å². The molecule has 0 bridgehead atoms. The maximum absolute atomic E-state index is 13.4. The second-order valence-electron chi connectivity index (χ2n) is 11.9. The number of nitrogens with two attached hydrogens (primary N) is 1. The Hall–Kier alpha value is -3.56. The molecule has 2 aromatic rings. The van der Waals surface area contributed by atoms with Crippen molar-refractivity contribution in [2.75, 3.05) is 47.0 Å². The zero-order valence-electron chi connectivity index (χ0n) is 22.6. The fraction of sp³-hybridized carbons (Fsp3) is 0.571. The summed E-state index contributed by atoms with van der Waals surface area (Å²) in [7, 11) is 0. The minimum Gasteiger partial charge on any atom is -0.444 e. The molecule has 1 atom stereocenters. The summed E-state index contributed by atoms with van der Waals surface area (Å²) in [4.78, 5) is 39.2. The van der Waals surface area contributed by atoms with Crippen molar-refractivity contribution >= 4 is 35.3 Å². The van der Waals surface area contributed by atoms with E-state index in [0.29, 0.717) is 35.0 Å². The van der Waals surface area contributed by atoms with Crippen molar-refractivity contribution in [1.82, 2.24) is 15.3 Å². The van der Waals surface area contributed by atoms with E-state index in [4.69, 9.17) is 15.5 Å². The molecule has 10 nitrogen and oxygen atoms in total. The second kappa shape index (κ2) is 10.3. The zero-order valence-corrected chi connectivity index (χ0v) is 22.6. The number of nitrogen functional groups attached to an aromatic ring is 1. The van der Waals surface area contributed by atoms with Crippen molar-refractivity contribution in [3.05, 3.63) is 35.9 Å². The van der Waals surface area contributed by atoms with E-state index in [-0.39, 0.29) is 11.9 Å². The van der Waals surface area contributed by atoms with Gasteiger partial charge in [0.1, 0.15) is 28.9 Å². The highest BCUT2D eigenvalue weighted by atomic mass is 16.6. The molecule has 4 N–H and O–H groups in total. The van der Waals surface area contributed by atoms with Gasteiger partial charge in [-0.3, -0.25) is 4.79 Å². The van der Waals surface area contributed by atoms with E-state index < -0.39 is 11.7 Å². The van der Waals surface area contributed by atoms with Crippen LogP contribution in [0.25, 0.3) is 0 Å². The Morgan fingerprint density at radius 3 is 2.50 bits per heavy atom. The molecule has 4 heterocycles. The summed E-state index contributed by atoms with van der Waals surface area (Å²) in [6, 6.07) is 8.95. The van der Waals surface area contributed by atoms with Crippen LogP contribution in [0.3, 0.4) is 0 Å². The summed E-state index contributed by atoms with van der Waals surface area (Å²) >= 11 is 0. The van der Waals surface area contributed by atoms with E-state index in [2.05, 4.69) is 25.4 Å². The number of pyridine rings is 2. The third kappa shape index (κ3) is 6.28. The standard InChI is InChI=1S/C28H39N7O3/c1-27(2,3)38-26(37)30-19-6-5-15-35(18-19)23-8-4-7-22(32-23)33-25(36)20-9-10-21(29)31-24(20)34-16-13-28(11-12-28)14-17-34/h4,7-10,19H,5-6,11-18H2,1-3H3,(H2,29,31)(H,30,37)(H,32,33,36). The summed E-state index contributed by atoms with van der Waals surface area (Å²) in [5.74, 6) is 2.00. The van der Waals surface area contributed by atoms with Crippen molar-refractivity contribution < 1.29 is 14.3 Å². The molecule has 2 saturated heterocycles.